The molecule has 0 amide bonds. The van der Waals surface area contributed by atoms with Gasteiger partial charge >= 0.3 is 0 Å². The van der Waals surface area contributed by atoms with Crippen molar-refractivity contribution in [1.29, 1.82) is 0 Å². The maximum atomic E-state index is 6.25. The van der Waals surface area contributed by atoms with Gasteiger partial charge < -0.3 is 0 Å². The lowest BCUT2D eigenvalue weighted by Gasteiger charge is -2.14. The van der Waals surface area contributed by atoms with Crippen LogP contribution in [0.4, 0.5) is 0 Å². The van der Waals surface area contributed by atoms with E-state index in [2.05, 4.69) is 44.2 Å². The van der Waals surface area contributed by atoms with Crippen molar-refractivity contribution in [2.24, 2.45) is 0 Å². The minimum atomic E-state index is 0.342. The van der Waals surface area contributed by atoms with E-state index in [1.165, 1.54) is 23.1 Å². The summed E-state index contributed by atoms with van der Waals surface area (Å²) < 4.78 is 0. The van der Waals surface area contributed by atoms with Gasteiger partial charge in [0.1, 0.15) is 0 Å². The molecule has 0 aliphatic rings. The summed E-state index contributed by atoms with van der Waals surface area (Å²) in [6, 6.07) is 17.0. The summed E-state index contributed by atoms with van der Waals surface area (Å²) >= 11 is 6.25. The maximum Gasteiger partial charge on any atom is 0.0444 e. The van der Waals surface area contributed by atoms with E-state index in [1.807, 2.05) is 18.2 Å². The standard InChI is InChI=1S/C17H19Cl/c1-3-6-14-9-11-15(12-10-14)13(2)16-7-4-5-8-17(16)18/h4-5,7-13H,3,6H2,1-2H3. The molecule has 1 heteroatoms. The van der Waals surface area contributed by atoms with Crippen molar-refractivity contribution in [2.45, 2.75) is 32.6 Å². The molecule has 0 aliphatic heterocycles. The lowest BCUT2D eigenvalue weighted by molar-refractivity contribution is 0.901. The molecule has 0 spiro atoms. The van der Waals surface area contributed by atoms with Gasteiger partial charge in [-0.05, 0) is 29.2 Å². The second-order valence-electron chi connectivity index (χ2n) is 4.73. The number of hydrogen-bond acceptors (Lipinski definition) is 0. The first-order valence-electron chi connectivity index (χ1n) is 6.55. The number of hydrogen-bond donors (Lipinski definition) is 0. The molecular formula is C17H19Cl. The van der Waals surface area contributed by atoms with E-state index < -0.39 is 0 Å². The predicted molar refractivity (Wildman–Crippen MR) is 79.4 cm³/mol. The van der Waals surface area contributed by atoms with E-state index in [0.717, 1.165) is 11.4 Å². The second-order valence-corrected chi connectivity index (χ2v) is 5.14. The number of aryl methyl sites for hydroxylation is 1. The lowest BCUT2D eigenvalue weighted by Crippen LogP contribution is -1.97. The first kappa shape index (κ1) is 13.2. The maximum absolute atomic E-state index is 6.25. The Hall–Kier alpha value is -1.27. The number of benzene rings is 2. The van der Waals surface area contributed by atoms with Gasteiger partial charge in [-0.1, -0.05) is 74.3 Å². The molecule has 94 valence electrons. The molecule has 0 fully saturated rings. The Morgan fingerprint density at radius 1 is 1.00 bits per heavy atom. The molecule has 0 heterocycles. The quantitative estimate of drug-likeness (QED) is 0.685. The van der Waals surface area contributed by atoms with E-state index in [4.69, 9.17) is 11.6 Å². The minimum absolute atomic E-state index is 0.342. The van der Waals surface area contributed by atoms with E-state index in [-0.39, 0.29) is 0 Å². The van der Waals surface area contributed by atoms with Gasteiger partial charge in [-0.25, -0.2) is 0 Å². The Kier molecular flexibility index (Phi) is 4.43. The van der Waals surface area contributed by atoms with Crippen LogP contribution in [0.1, 0.15) is 42.9 Å². The minimum Gasteiger partial charge on any atom is -0.0840 e. The topological polar surface area (TPSA) is 0 Å². The first-order chi connectivity index (χ1) is 8.72. The van der Waals surface area contributed by atoms with Crippen LogP contribution in [0.2, 0.25) is 5.02 Å². The van der Waals surface area contributed by atoms with E-state index in [9.17, 15) is 0 Å². The van der Waals surface area contributed by atoms with Crippen molar-refractivity contribution in [2.75, 3.05) is 0 Å². The van der Waals surface area contributed by atoms with Crippen molar-refractivity contribution in [3.63, 3.8) is 0 Å². The van der Waals surface area contributed by atoms with Crippen LogP contribution in [0.25, 0.3) is 0 Å². The van der Waals surface area contributed by atoms with Crippen molar-refractivity contribution >= 4 is 11.6 Å². The summed E-state index contributed by atoms with van der Waals surface area (Å²) in [5.41, 5.74) is 3.93. The molecule has 2 rings (SSSR count). The molecule has 0 aliphatic carbocycles. The molecule has 1 atom stereocenters. The van der Waals surface area contributed by atoms with Crippen molar-refractivity contribution in [3.05, 3.63) is 70.2 Å². The summed E-state index contributed by atoms with van der Waals surface area (Å²) in [5, 5.41) is 0.850. The van der Waals surface area contributed by atoms with Crippen LogP contribution >= 0.6 is 11.6 Å². The fourth-order valence-corrected chi connectivity index (χ4v) is 2.57. The third-order valence-electron chi connectivity index (χ3n) is 3.39. The highest BCUT2D eigenvalue weighted by atomic mass is 35.5. The molecule has 1 unspecified atom stereocenters. The van der Waals surface area contributed by atoms with Crippen molar-refractivity contribution in [3.8, 4) is 0 Å². The van der Waals surface area contributed by atoms with E-state index >= 15 is 0 Å². The van der Waals surface area contributed by atoms with Gasteiger partial charge in [-0.2, -0.15) is 0 Å². The molecule has 0 aromatic heterocycles. The van der Waals surface area contributed by atoms with Gasteiger partial charge in [-0.3, -0.25) is 0 Å². The van der Waals surface area contributed by atoms with Crippen LogP contribution in [0.15, 0.2) is 48.5 Å². The lowest BCUT2D eigenvalue weighted by atomic mass is 9.92. The predicted octanol–water partition coefficient (Wildman–Crippen LogP) is 5.44. The normalized spacial score (nSPS) is 12.4. The van der Waals surface area contributed by atoms with E-state index in [0.29, 0.717) is 5.92 Å². The molecule has 0 bridgehead atoms. The SMILES string of the molecule is CCCc1ccc(C(C)c2ccccc2Cl)cc1. The Morgan fingerprint density at radius 3 is 2.28 bits per heavy atom. The molecule has 2 aromatic rings. The summed E-state index contributed by atoms with van der Waals surface area (Å²) in [5.74, 6) is 0.342. The average Bonchev–Trinajstić information content (AvgIpc) is 2.40. The van der Waals surface area contributed by atoms with Crippen molar-refractivity contribution < 1.29 is 0 Å². The molecule has 0 saturated heterocycles. The zero-order valence-corrected chi connectivity index (χ0v) is 11.7. The third kappa shape index (κ3) is 2.94. The van der Waals surface area contributed by atoms with Crippen molar-refractivity contribution in [1.82, 2.24) is 0 Å². The third-order valence-corrected chi connectivity index (χ3v) is 3.73. The average molecular weight is 259 g/mol. The Balaban J connectivity index is 2.23. The molecular weight excluding hydrogens is 240 g/mol. The number of halogens is 1. The van der Waals surface area contributed by atoms with Gasteiger partial charge in [0.05, 0.1) is 0 Å². The summed E-state index contributed by atoms with van der Waals surface area (Å²) in [6.07, 6.45) is 2.35. The fraction of sp³-hybridized carbons (Fsp3) is 0.294. The Labute approximate surface area is 115 Å². The summed E-state index contributed by atoms with van der Waals surface area (Å²) in [6.45, 7) is 4.41. The highest BCUT2D eigenvalue weighted by Gasteiger charge is 2.11. The van der Waals surface area contributed by atoms with Gasteiger partial charge in [0.2, 0.25) is 0 Å². The molecule has 18 heavy (non-hydrogen) atoms. The molecule has 0 saturated carbocycles. The second kappa shape index (κ2) is 6.06. The van der Waals surface area contributed by atoms with Crippen LogP contribution < -0.4 is 0 Å². The molecule has 0 nitrogen and oxygen atoms in total. The van der Waals surface area contributed by atoms with Gasteiger partial charge in [0.15, 0.2) is 0 Å². The van der Waals surface area contributed by atoms with Crippen LogP contribution in [0, 0.1) is 0 Å². The fourth-order valence-electron chi connectivity index (χ4n) is 2.27. The highest BCUT2D eigenvalue weighted by Crippen LogP contribution is 2.29. The molecule has 0 radical (unpaired) electrons. The largest absolute Gasteiger partial charge is 0.0840 e. The smallest absolute Gasteiger partial charge is 0.0444 e. The zero-order chi connectivity index (χ0) is 13.0. The van der Waals surface area contributed by atoms with Gasteiger partial charge in [-0.15, -0.1) is 0 Å². The van der Waals surface area contributed by atoms with Crippen LogP contribution in [0.5, 0.6) is 0 Å². The highest BCUT2D eigenvalue weighted by molar-refractivity contribution is 6.31. The molecule has 0 N–H and O–H groups in total. The monoisotopic (exact) mass is 258 g/mol. The Morgan fingerprint density at radius 2 is 1.67 bits per heavy atom. The van der Waals surface area contributed by atoms with Crippen LogP contribution in [-0.4, -0.2) is 0 Å². The zero-order valence-electron chi connectivity index (χ0n) is 11.0. The molecule has 2 aromatic carbocycles. The van der Waals surface area contributed by atoms with Crippen LogP contribution in [-0.2, 0) is 6.42 Å². The van der Waals surface area contributed by atoms with Gasteiger partial charge in [0, 0.05) is 10.9 Å². The van der Waals surface area contributed by atoms with E-state index in [1.54, 1.807) is 0 Å². The first-order valence-corrected chi connectivity index (χ1v) is 6.93. The summed E-state index contributed by atoms with van der Waals surface area (Å²) in [4.78, 5) is 0. The Bertz CT molecular complexity index is 499. The van der Waals surface area contributed by atoms with Crippen LogP contribution in [0.3, 0.4) is 0 Å². The van der Waals surface area contributed by atoms with Gasteiger partial charge in [0.25, 0.3) is 0 Å². The number of rotatable bonds is 4. The summed E-state index contributed by atoms with van der Waals surface area (Å²) in [7, 11) is 0.